The van der Waals surface area contributed by atoms with Crippen molar-refractivity contribution in [1.82, 2.24) is 15.3 Å². The summed E-state index contributed by atoms with van der Waals surface area (Å²) >= 11 is 3.48. The van der Waals surface area contributed by atoms with Gasteiger partial charge in [0.1, 0.15) is 11.9 Å². The molecule has 12 heteroatoms. The Morgan fingerprint density at radius 2 is 1.91 bits per heavy atom. The Morgan fingerprint density at radius 1 is 1.21 bits per heavy atom. The maximum absolute atomic E-state index is 11.8. The van der Waals surface area contributed by atoms with E-state index in [1.54, 1.807) is 18.3 Å². The number of nitrogens with one attached hydrogen (secondary N) is 3. The van der Waals surface area contributed by atoms with Crippen molar-refractivity contribution in [3.63, 3.8) is 0 Å². The minimum absolute atomic E-state index is 0.0325. The highest BCUT2D eigenvalue weighted by molar-refractivity contribution is 9.10. The first kappa shape index (κ1) is 25.2. The molecule has 180 valence electrons. The Hall–Kier alpha value is -2.44. The van der Waals surface area contributed by atoms with Gasteiger partial charge in [-0.2, -0.15) is 4.98 Å². The number of primary sulfonamides is 1. The summed E-state index contributed by atoms with van der Waals surface area (Å²) in [7, 11) is -3.74. The second-order valence-corrected chi connectivity index (χ2v) is 10.3. The summed E-state index contributed by atoms with van der Waals surface area (Å²) in [5.74, 6) is 1.01. The number of nitrogens with zero attached hydrogens (tertiary/aromatic N) is 2. The number of carbonyl (C=O) groups excluding carboxylic acids is 1. The van der Waals surface area contributed by atoms with Gasteiger partial charge >= 0.3 is 6.09 Å². The number of benzene rings is 1. The number of nitrogens with two attached hydrogens (primary N) is 1. The van der Waals surface area contributed by atoms with E-state index < -0.39 is 10.0 Å². The van der Waals surface area contributed by atoms with Crippen LogP contribution >= 0.6 is 15.9 Å². The van der Waals surface area contributed by atoms with Crippen molar-refractivity contribution in [2.24, 2.45) is 5.14 Å². The quantitative estimate of drug-likeness (QED) is 0.350. The Kier molecular flexibility index (Phi) is 8.87. The molecule has 0 unspecified atom stereocenters. The smallest absolute Gasteiger partial charge is 0.407 e. The molecule has 0 bridgehead atoms. The fourth-order valence-electron chi connectivity index (χ4n) is 3.46. The van der Waals surface area contributed by atoms with Gasteiger partial charge in [-0.1, -0.05) is 13.3 Å². The SMILES string of the molecule is CCCCNC(=O)O[C@H]1CC[C@H](Nc2nc(Nc3ccc(S(N)(=O)=O)cc3)ncc2Br)CC1. The van der Waals surface area contributed by atoms with E-state index in [9.17, 15) is 13.2 Å². The molecule has 0 atom stereocenters. The number of rotatable bonds is 9. The monoisotopic (exact) mass is 540 g/mol. The van der Waals surface area contributed by atoms with E-state index in [0.29, 0.717) is 24.0 Å². The van der Waals surface area contributed by atoms with Crippen molar-refractivity contribution in [3.05, 3.63) is 34.9 Å². The number of unbranched alkanes of at least 4 members (excludes halogenated alkanes) is 1. The zero-order valence-corrected chi connectivity index (χ0v) is 20.8. The van der Waals surface area contributed by atoms with Crippen molar-refractivity contribution in [3.8, 4) is 0 Å². The summed E-state index contributed by atoms with van der Waals surface area (Å²) in [6, 6.07) is 6.22. The van der Waals surface area contributed by atoms with E-state index >= 15 is 0 Å². The van der Waals surface area contributed by atoms with Gasteiger partial charge in [0.05, 0.1) is 9.37 Å². The van der Waals surface area contributed by atoms with Gasteiger partial charge in [0, 0.05) is 24.5 Å². The van der Waals surface area contributed by atoms with Gasteiger partial charge in [0.2, 0.25) is 16.0 Å². The van der Waals surface area contributed by atoms with E-state index in [2.05, 4.69) is 48.8 Å². The number of amides is 1. The number of ether oxygens (including phenoxy) is 1. The predicted molar refractivity (Wildman–Crippen MR) is 130 cm³/mol. The normalized spacial score (nSPS) is 18.4. The van der Waals surface area contributed by atoms with Crippen LogP contribution in [-0.4, -0.2) is 43.2 Å². The molecule has 1 aliphatic rings. The molecule has 3 rings (SSSR count). The summed E-state index contributed by atoms with van der Waals surface area (Å²) < 4.78 is 29.0. The zero-order valence-electron chi connectivity index (χ0n) is 18.4. The van der Waals surface area contributed by atoms with Crippen molar-refractivity contribution in [2.45, 2.75) is 62.5 Å². The van der Waals surface area contributed by atoms with Gasteiger partial charge in [0.25, 0.3) is 0 Å². The molecule has 5 N–H and O–H groups in total. The van der Waals surface area contributed by atoms with Crippen LogP contribution in [0.5, 0.6) is 0 Å². The van der Waals surface area contributed by atoms with Crippen molar-refractivity contribution >= 4 is 49.5 Å². The number of carbonyl (C=O) groups is 1. The van der Waals surface area contributed by atoms with Gasteiger partial charge in [-0.25, -0.2) is 23.3 Å². The molecule has 1 aliphatic carbocycles. The van der Waals surface area contributed by atoms with Crippen LogP contribution in [0, 0.1) is 0 Å². The van der Waals surface area contributed by atoms with E-state index in [1.165, 1.54) is 12.1 Å². The molecule has 0 aliphatic heterocycles. The molecule has 1 amide bonds. The van der Waals surface area contributed by atoms with Gasteiger partial charge in [-0.15, -0.1) is 0 Å². The Morgan fingerprint density at radius 3 is 2.55 bits per heavy atom. The first-order chi connectivity index (χ1) is 15.7. The van der Waals surface area contributed by atoms with Crippen LogP contribution in [-0.2, 0) is 14.8 Å². The highest BCUT2D eigenvalue weighted by Crippen LogP contribution is 2.28. The summed E-state index contributed by atoms with van der Waals surface area (Å²) in [4.78, 5) is 20.7. The molecular weight excluding hydrogens is 512 g/mol. The van der Waals surface area contributed by atoms with Crippen LogP contribution in [0.1, 0.15) is 45.4 Å². The van der Waals surface area contributed by atoms with E-state index in [0.717, 1.165) is 43.0 Å². The summed E-state index contributed by atoms with van der Waals surface area (Å²) in [5, 5.41) is 14.4. The average Bonchev–Trinajstić information content (AvgIpc) is 2.77. The van der Waals surface area contributed by atoms with Crippen molar-refractivity contribution in [2.75, 3.05) is 17.2 Å². The fourth-order valence-corrected chi connectivity index (χ4v) is 4.29. The zero-order chi connectivity index (χ0) is 23.8. The molecular formula is C21H29BrN6O4S. The van der Waals surface area contributed by atoms with Crippen LogP contribution in [0.15, 0.2) is 39.8 Å². The molecule has 1 saturated carbocycles. The summed E-state index contributed by atoms with van der Waals surface area (Å²) in [6.45, 7) is 2.71. The molecule has 10 nitrogen and oxygen atoms in total. The number of hydrogen-bond donors (Lipinski definition) is 4. The maximum atomic E-state index is 11.8. The van der Waals surface area contributed by atoms with Crippen molar-refractivity contribution in [1.29, 1.82) is 0 Å². The van der Waals surface area contributed by atoms with E-state index in [1.807, 2.05) is 0 Å². The van der Waals surface area contributed by atoms with Crippen molar-refractivity contribution < 1.29 is 17.9 Å². The Balaban J connectivity index is 1.53. The Bertz CT molecular complexity index is 1040. The van der Waals surface area contributed by atoms with E-state index in [-0.39, 0.29) is 23.1 Å². The Labute approximate surface area is 202 Å². The molecule has 2 aromatic rings. The second-order valence-electron chi connectivity index (χ2n) is 7.89. The third kappa shape index (κ3) is 7.83. The largest absolute Gasteiger partial charge is 0.446 e. The molecule has 0 radical (unpaired) electrons. The molecule has 1 aromatic heterocycles. The topological polar surface area (TPSA) is 148 Å². The van der Waals surface area contributed by atoms with Crippen LogP contribution < -0.4 is 21.1 Å². The number of sulfonamides is 1. The lowest BCUT2D eigenvalue weighted by atomic mass is 9.93. The highest BCUT2D eigenvalue weighted by Gasteiger charge is 2.24. The second kappa shape index (κ2) is 11.6. The predicted octanol–water partition coefficient (Wildman–Crippen LogP) is 3.88. The standard InChI is InChI=1S/C21H29BrN6O4S/c1-2-3-12-24-21(29)32-16-8-4-14(5-9-16)26-19-18(22)13-25-20(28-19)27-15-6-10-17(11-7-15)33(23,30)31/h6-7,10-11,13-14,16H,2-5,8-9,12H2,1H3,(H,24,29)(H2,23,30,31)(H2,25,26,27,28)/t14-,16-. The maximum Gasteiger partial charge on any atom is 0.407 e. The molecule has 0 saturated heterocycles. The van der Waals surface area contributed by atoms with Crippen LogP contribution in [0.3, 0.4) is 0 Å². The fraction of sp³-hybridized carbons (Fsp3) is 0.476. The highest BCUT2D eigenvalue weighted by atomic mass is 79.9. The lowest BCUT2D eigenvalue weighted by Crippen LogP contribution is -2.34. The number of halogens is 1. The molecule has 1 heterocycles. The minimum Gasteiger partial charge on any atom is -0.446 e. The molecule has 33 heavy (non-hydrogen) atoms. The number of alkyl carbamates (subject to hydrolysis) is 1. The lowest BCUT2D eigenvalue weighted by Gasteiger charge is -2.29. The van der Waals surface area contributed by atoms with Crippen LogP contribution in [0.4, 0.5) is 22.2 Å². The minimum atomic E-state index is -3.74. The van der Waals surface area contributed by atoms with Gasteiger partial charge in [-0.05, 0) is 72.3 Å². The molecule has 0 spiro atoms. The number of hydrogen-bond acceptors (Lipinski definition) is 8. The van der Waals surface area contributed by atoms with Gasteiger partial charge < -0.3 is 20.7 Å². The third-order valence-electron chi connectivity index (χ3n) is 5.27. The third-order valence-corrected chi connectivity index (χ3v) is 6.78. The number of aromatic nitrogens is 2. The summed E-state index contributed by atoms with van der Waals surface area (Å²) in [6.07, 6.45) is 6.46. The lowest BCUT2D eigenvalue weighted by molar-refractivity contribution is 0.0732. The van der Waals surface area contributed by atoms with Gasteiger partial charge in [0.15, 0.2) is 0 Å². The van der Waals surface area contributed by atoms with Crippen LogP contribution in [0.2, 0.25) is 0 Å². The molecule has 1 aromatic carbocycles. The number of anilines is 3. The van der Waals surface area contributed by atoms with Crippen LogP contribution in [0.25, 0.3) is 0 Å². The van der Waals surface area contributed by atoms with E-state index in [4.69, 9.17) is 9.88 Å². The molecule has 1 fully saturated rings. The average molecular weight is 541 g/mol. The van der Waals surface area contributed by atoms with Gasteiger partial charge in [-0.3, -0.25) is 0 Å². The summed E-state index contributed by atoms with van der Waals surface area (Å²) in [5.41, 5.74) is 0.630. The first-order valence-corrected chi connectivity index (χ1v) is 13.2. The first-order valence-electron chi connectivity index (χ1n) is 10.9.